The number of hydrogen-bond donors (Lipinski definition) is 0. The molecule has 44 valence electrons. The second-order valence-electron chi connectivity index (χ2n) is 3.03. The molecule has 0 bridgehead atoms. The van der Waals surface area contributed by atoms with Gasteiger partial charge in [0.15, 0.2) is 0 Å². The van der Waals surface area contributed by atoms with Gasteiger partial charge in [-0.2, -0.15) is 0 Å². The van der Waals surface area contributed by atoms with Crippen LogP contribution in [0.15, 0.2) is 0 Å². The van der Waals surface area contributed by atoms with Crippen molar-refractivity contribution >= 4 is 30.4 Å². The molecule has 0 N–H and O–H groups in total. The van der Waals surface area contributed by atoms with E-state index in [-0.39, 0.29) is 0 Å². The average molecular weight is 230 g/mol. The summed E-state index contributed by atoms with van der Waals surface area (Å²) in [6, 6.07) is 1.50. The molecular weight excluding hydrogens is 216 g/mol. The van der Waals surface area contributed by atoms with E-state index in [9.17, 15) is 0 Å². The van der Waals surface area contributed by atoms with Crippen LogP contribution in [0.1, 0.15) is 0 Å². The molecule has 7 heavy (non-hydrogen) atoms. The Labute approximate surface area is 60.6 Å². The maximum atomic E-state index is 2.42. The van der Waals surface area contributed by atoms with E-state index in [0.29, 0.717) is 0 Å². The molecule has 0 aromatic rings. The summed E-state index contributed by atoms with van der Waals surface area (Å²) >= 11 is 1.95. The summed E-state index contributed by atoms with van der Waals surface area (Å²) in [4.78, 5) is 0. The molecule has 0 unspecified atom stereocenters. The molecule has 0 saturated carbocycles. The SMILES string of the molecule is C[Si](C)(C)CC[TeH]. The van der Waals surface area contributed by atoms with Crippen molar-refractivity contribution in [2.24, 2.45) is 0 Å². The summed E-state index contributed by atoms with van der Waals surface area (Å²) in [5.74, 6) is 0. The standard InChI is InChI=1S/C5H14SiTe/c1-6(2,3)4-5-7/h7H,4-5H2,1-3H3. The van der Waals surface area contributed by atoms with Crippen molar-refractivity contribution in [2.45, 2.75) is 30.2 Å². The summed E-state index contributed by atoms with van der Waals surface area (Å²) in [6.07, 6.45) is 0. The summed E-state index contributed by atoms with van der Waals surface area (Å²) in [5.41, 5.74) is 0. The van der Waals surface area contributed by atoms with Crippen LogP contribution in [0.3, 0.4) is 0 Å². The Kier molecular flexibility index (Phi) is 3.56. The van der Waals surface area contributed by atoms with Gasteiger partial charge in [-0.3, -0.25) is 0 Å². The van der Waals surface area contributed by atoms with Gasteiger partial charge in [-0.1, -0.05) is 0 Å². The third-order valence-corrected chi connectivity index (χ3v) is 4.50. The molecule has 0 rings (SSSR count). The molecule has 2 heteroatoms. The fraction of sp³-hybridized carbons (Fsp3) is 1.00. The zero-order valence-corrected chi connectivity index (χ0v) is 8.91. The molecule has 0 radical (unpaired) electrons. The van der Waals surface area contributed by atoms with E-state index < -0.39 is 8.07 Å². The van der Waals surface area contributed by atoms with Gasteiger partial charge in [0.1, 0.15) is 0 Å². The van der Waals surface area contributed by atoms with Crippen LogP contribution < -0.4 is 0 Å². The van der Waals surface area contributed by atoms with Crippen LogP contribution >= 0.6 is 0 Å². The maximum absolute atomic E-state index is 2.42. The van der Waals surface area contributed by atoms with Crippen LogP contribution in [-0.2, 0) is 0 Å². The first kappa shape index (κ1) is 8.01. The Hall–Kier alpha value is 1.01. The van der Waals surface area contributed by atoms with E-state index in [4.69, 9.17) is 0 Å². The predicted octanol–water partition coefficient (Wildman–Crippen LogP) is 1.64. The molecule has 0 aromatic heterocycles. The molecule has 0 fully saturated rings. The van der Waals surface area contributed by atoms with Crippen molar-refractivity contribution in [3.63, 3.8) is 0 Å². The summed E-state index contributed by atoms with van der Waals surface area (Å²) in [7, 11) is -0.645. The van der Waals surface area contributed by atoms with E-state index in [1.807, 2.05) is 22.3 Å². The molecule has 0 atom stereocenters. The Bertz CT molecular complexity index is 46.5. The van der Waals surface area contributed by atoms with Crippen LogP contribution in [0, 0.1) is 0 Å². The third kappa shape index (κ3) is 7.01. The van der Waals surface area contributed by atoms with Crippen molar-refractivity contribution in [1.29, 1.82) is 0 Å². The Balaban J connectivity index is 3.15. The van der Waals surface area contributed by atoms with Gasteiger partial charge in [0.2, 0.25) is 0 Å². The fourth-order valence-electron chi connectivity index (χ4n) is 0.335. The monoisotopic (exact) mass is 232 g/mol. The van der Waals surface area contributed by atoms with E-state index in [0.717, 1.165) is 0 Å². The van der Waals surface area contributed by atoms with Crippen LogP contribution in [0.2, 0.25) is 30.2 Å². The van der Waals surface area contributed by atoms with Crippen molar-refractivity contribution in [1.82, 2.24) is 0 Å². The van der Waals surface area contributed by atoms with Crippen molar-refractivity contribution in [3.05, 3.63) is 0 Å². The number of hydrogen-bond acceptors (Lipinski definition) is 0. The Morgan fingerprint density at radius 1 is 1.29 bits per heavy atom. The van der Waals surface area contributed by atoms with Crippen LogP contribution in [0.25, 0.3) is 0 Å². The topological polar surface area (TPSA) is 0 Å². The zero-order valence-electron chi connectivity index (χ0n) is 5.36. The molecule has 0 amide bonds. The molecular formula is C5H14SiTe. The van der Waals surface area contributed by atoms with Crippen molar-refractivity contribution < 1.29 is 0 Å². The van der Waals surface area contributed by atoms with Gasteiger partial charge >= 0.3 is 60.5 Å². The van der Waals surface area contributed by atoms with Gasteiger partial charge in [0, 0.05) is 0 Å². The Morgan fingerprint density at radius 2 is 1.71 bits per heavy atom. The second-order valence-corrected chi connectivity index (χ2v) is 9.93. The van der Waals surface area contributed by atoms with Crippen LogP contribution in [-0.4, -0.2) is 30.4 Å². The van der Waals surface area contributed by atoms with Gasteiger partial charge in [-0.15, -0.1) is 0 Å². The van der Waals surface area contributed by atoms with E-state index in [1.165, 1.54) is 10.5 Å². The first-order valence-electron chi connectivity index (χ1n) is 2.67. The molecule has 0 aliphatic heterocycles. The Morgan fingerprint density at radius 3 is 1.71 bits per heavy atom. The molecule has 0 aliphatic carbocycles. The summed E-state index contributed by atoms with van der Waals surface area (Å²) in [6.45, 7) is 7.26. The molecule has 0 saturated heterocycles. The molecule has 0 aliphatic rings. The number of rotatable bonds is 2. The first-order chi connectivity index (χ1) is 3.06. The molecule has 0 spiro atoms. The van der Waals surface area contributed by atoms with Gasteiger partial charge in [0.05, 0.1) is 0 Å². The van der Waals surface area contributed by atoms with E-state index in [2.05, 4.69) is 19.6 Å². The van der Waals surface area contributed by atoms with Crippen molar-refractivity contribution in [3.8, 4) is 0 Å². The fourth-order valence-corrected chi connectivity index (χ4v) is 6.75. The second kappa shape index (κ2) is 3.12. The summed E-state index contributed by atoms with van der Waals surface area (Å²) in [5, 5.41) is 0. The quantitative estimate of drug-likeness (QED) is 0.632. The third-order valence-electron chi connectivity index (χ3n) is 0.862. The van der Waals surface area contributed by atoms with Crippen LogP contribution in [0.5, 0.6) is 0 Å². The van der Waals surface area contributed by atoms with Crippen LogP contribution in [0.4, 0.5) is 0 Å². The van der Waals surface area contributed by atoms with E-state index >= 15 is 0 Å². The van der Waals surface area contributed by atoms with Gasteiger partial charge in [0.25, 0.3) is 0 Å². The van der Waals surface area contributed by atoms with E-state index in [1.54, 1.807) is 0 Å². The minimum atomic E-state index is -0.645. The van der Waals surface area contributed by atoms with Crippen molar-refractivity contribution in [2.75, 3.05) is 0 Å². The first-order valence-corrected chi connectivity index (χ1v) is 8.18. The summed E-state index contributed by atoms with van der Waals surface area (Å²) < 4.78 is 1.42. The predicted molar refractivity (Wildman–Crippen MR) is 40.1 cm³/mol. The van der Waals surface area contributed by atoms with Gasteiger partial charge in [-0.05, 0) is 0 Å². The minimum absolute atomic E-state index is 0.645. The van der Waals surface area contributed by atoms with Gasteiger partial charge < -0.3 is 0 Å². The van der Waals surface area contributed by atoms with Gasteiger partial charge in [-0.25, -0.2) is 0 Å². The molecule has 0 aromatic carbocycles. The average Bonchev–Trinajstić information content (AvgIpc) is 1.30. The molecule has 0 heterocycles. The molecule has 0 nitrogen and oxygen atoms in total. The zero-order chi connectivity index (χ0) is 5.91. The normalized spacial score (nSPS) is 12.0.